The summed E-state index contributed by atoms with van der Waals surface area (Å²) in [5, 5.41) is 6.58. The number of aryl methyl sites for hydroxylation is 1. The summed E-state index contributed by atoms with van der Waals surface area (Å²) >= 11 is 0. The molecule has 2 N–H and O–H groups in total. The van der Waals surface area contributed by atoms with E-state index in [2.05, 4.69) is 21.7 Å². The second kappa shape index (κ2) is 12.8. The maximum atomic E-state index is 11.5. The fraction of sp³-hybridized carbons (Fsp3) is 0.409. The van der Waals surface area contributed by atoms with Crippen molar-refractivity contribution in [1.29, 1.82) is 0 Å². The summed E-state index contributed by atoms with van der Waals surface area (Å²) < 4.78 is 28.7. The maximum absolute atomic E-state index is 11.5. The molecule has 0 unspecified atom stereocenters. The SMILES string of the molecule is CCNC(=NCc1ccc(OCC)c(C)c1)NCCc1ccc(S(C)(=O)=O)cc1.I. The number of hydrogen-bond donors (Lipinski definition) is 2. The van der Waals surface area contributed by atoms with E-state index in [9.17, 15) is 8.42 Å². The predicted octanol–water partition coefficient (Wildman–Crippen LogP) is 3.71. The number of nitrogens with zero attached hydrogens (tertiary/aromatic N) is 1. The number of ether oxygens (including phenoxy) is 1. The lowest BCUT2D eigenvalue weighted by atomic mass is 10.1. The lowest BCUT2D eigenvalue weighted by Gasteiger charge is -2.12. The Labute approximate surface area is 197 Å². The molecule has 166 valence electrons. The van der Waals surface area contributed by atoms with E-state index in [1.165, 1.54) is 6.26 Å². The van der Waals surface area contributed by atoms with Gasteiger partial charge in [-0.25, -0.2) is 13.4 Å². The molecular formula is C22H32IN3O3S. The molecule has 0 spiro atoms. The highest BCUT2D eigenvalue weighted by Crippen LogP contribution is 2.19. The van der Waals surface area contributed by atoms with Gasteiger partial charge in [-0.05, 0) is 62.1 Å². The molecule has 2 rings (SSSR count). The first kappa shape index (κ1) is 26.2. The van der Waals surface area contributed by atoms with Gasteiger partial charge < -0.3 is 15.4 Å². The quantitative estimate of drug-likeness (QED) is 0.286. The largest absolute Gasteiger partial charge is 0.494 e. The molecule has 8 heteroatoms. The zero-order valence-electron chi connectivity index (χ0n) is 18.1. The van der Waals surface area contributed by atoms with Gasteiger partial charge in [-0.3, -0.25) is 0 Å². The third kappa shape index (κ3) is 8.51. The number of aliphatic imine (C=N–C) groups is 1. The van der Waals surface area contributed by atoms with Crippen molar-refractivity contribution in [1.82, 2.24) is 10.6 Å². The van der Waals surface area contributed by atoms with Gasteiger partial charge in [0.15, 0.2) is 15.8 Å². The van der Waals surface area contributed by atoms with E-state index in [0.29, 0.717) is 24.6 Å². The van der Waals surface area contributed by atoms with Gasteiger partial charge in [-0.15, -0.1) is 24.0 Å². The van der Waals surface area contributed by atoms with Crippen molar-refractivity contribution in [3.8, 4) is 5.75 Å². The number of hydrogen-bond acceptors (Lipinski definition) is 4. The molecular weight excluding hydrogens is 513 g/mol. The van der Waals surface area contributed by atoms with Crippen molar-refractivity contribution in [3.05, 3.63) is 59.2 Å². The Bertz CT molecular complexity index is 929. The molecule has 0 aliphatic carbocycles. The van der Waals surface area contributed by atoms with E-state index in [1.807, 2.05) is 45.0 Å². The third-order valence-electron chi connectivity index (χ3n) is 4.36. The molecule has 2 aromatic carbocycles. The molecule has 0 saturated heterocycles. The minimum atomic E-state index is -3.16. The molecule has 0 atom stereocenters. The molecule has 0 amide bonds. The van der Waals surface area contributed by atoms with Crippen molar-refractivity contribution >= 4 is 39.8 Å². The fourth-order valence-electron chi connectivity index (χ4n) is 2.87. The Hall–Kier alpha value is -1.81. The molecule has 0 saturated carbocycles. The number of nitrogens with one attached hydrogen (secondary N) is 2. The van der Waals surface area contributed by atoms with E-state index in [-0.39, 0.29) is 24.0 Å². The Balaban J connectivity index is 0.00000450. The van der Waals surface area contributed by atoms with Crippen molar-refractivity contribution < 1.29 is 13.2 Å². The summed E-state index contributed by atoms with van der Waals surface area (Å²) in [6, 6.07) is 13.1. The molecule has 6 nitrogen and oxygen atoms in total. The number of rotatable bonds is 9. The van der Waals surface area contributed by atoms with E-state index < -0.39 is 9.84 Å². The molecule has 30 heavy (non-hydrogen) atoms. The van der Waals surface area contributed by atoms with E-state index in [1.54, 1.807) is 12.1 Å². The summed E-state index contributed by atoms with van der Waals surface area (Å²) in [5.74, 6) is 1.67. The number of benzene rings is 2. The van der Waals surface area contributed by atoms with Gasteiger partial charge in [0, 0.05) is 19.3 Å². The van der Waals surface area contributed by atoms with Gasteiger partial charge in [0.05, 0.1) is 18.0 Å². The normalized spacial score (nSPS) is 11.5. The molecule has 0 aliphatic heterocycles. The molecule has 0 aliphatic rings. The molecule has 0 heterocycles. The summed E-state index contributed by atoms with van der Waals surface area (Å²) in [4.78, 5) is 4.99. The third-order valence-corrected chi connectivity index (χ3v) is 5.49. The van der Waals surface area contributed by atoms with Crippen molar-refractivity contribution in [3.63, 3.8) is 0 Å². The predicted molar refractivity (Wildman–Crippen MR) is 134 cm³/mol. The van der Waals surface area contributed by atoms with E-state index in [0.717, 1.165) is 41.4 Å². The Morgan fingerprint density at radius 3 is 2.27 bits per heavy atom. The van der Waals surface area contributed by atoms with E-state index >= 15 is 0 Å². The Kier molecular flexibility index (Phi) is 11.2. The van der Waals surface area contributed by atoms with Crippen LogP contribution in [0.1, 0.15) is 30.5 Å². The van der Waals surface area contributed by atoms with Crippen LogP contribution in [0.2, 0.25) is 0 Å². The van der Waals surface area contributed by atoms with Crippen LogP contribution in [0.3, 0.4) is 0 Å². The zero-order chi connectivity index (χ0) is 21.3. The van der Waals surface area contributed by atoms with Crippen LogP contribution in [0.15, 0.2) is 52.4 Å². The zero-order valence-corrected chi connectivity index (χ0v) is 21.2. The second-order valence-electron chi connectivity index (χ2n) is 6.82. The van der Waals surface area contributed by atoms with Gasteiger partial charge >= 0.3 is 0 Å². The summed E-state index contributed by atoms with van der Waals surface area (Å²) in [6.07, 6.45) is 1.99. The fourth-order valence-corrected chi connectivity index (χ4v) is 3.50. The average Bonchev–Trinajstić information content (AvgIpc) is 2.68. The first-order chi connectivity index (χ1) is 13.8. The van der Waals surface area contributed by atoms with Crippen LogP contribution in [0.4, 0.5) is 0 Å². The van der Waals surface area contributed by atoms with Crippen LogP contribution in [0.25, 0.3) is 0 Å². The summed E-state index contributed by atoms with van der Waals surface area (Å²) in [5.41, 5.74) is 3.30. The van der Waals surface area contributed by atoms with Gasteiger partial charge in [0.1, 0.15) is 5.75 Å². The minimum absolute atomic E-state index is 0. The first-order valence-corrected chi connectivity index (χ1v) is 11.8. The van der Waals surface area contributed by atoms with Crippen LogP contribution >= 0.6 is 24.0 Å². The van der Waals surface area contributed by atoms with Crippen LogP contribution in [0, 0.1) is 6.92 Å². The monoisotopic (exact) mass is 545 g/mol. The molecule has 0 radical (unpaired) electrons. The Morgan fingerprint density at radius 1 is 1.03 bits per heavy atom. The number of sulfone groups is 1. The average molecular weight is 545 g/mol. The maximum Gasteiger partial charge on any atom is 0.191 e. The van der Waals surface area contributed by atoms with Crippen molar-refractivity contribution in [2.24, 2.45) is 4.99 Å². The topological polar surface area (TPSA) is 79.8 Å². The van der Waals surface area contributed by atoms with Gasteiger partial charge in [-0.2, -0.15) is 0 Å². The molecule has 2 aromatic rings. The van der Waals surface area contributed by atoms with Crippen molar-refractivity contribution in [2.45, 2.75) is 38.6 Å². The lowest BCUT2D eigenvalue weighted by Crippen LogP contribution is -2.38. The highest BCUT2D eigenvalue weighted by molar-refractivity contribution is 14.0. The lowest BCUT2D eigenvalue weighted by molar-refractivity contribution is 0.338. The first-order valence-electron chi connectivity index (χ1n) is 9.87. The highest BCUT2D eigenvalue weighted by atomic mass is 127. The van der Waals surface area contributed by atoms with Crippen molar-refractivity contribution in [2.75, 3.05) is 26.0 Å². The summed E-state index contributed by atoms with van der Waals surface area (Å²) in [7, 11) is -3.16. The minimum Gasteiger partial charge on any atom is -0.494 e. The van der Waals surface area contributed by atoms with Crippen LogP contribution in [-0.4, -0.2) is 40.3 Å². The molecule has 0 aromatic heterocycles. The van der Waals surface area contributed by atoms with Gasteiger partial charge in [-0.1, -0.05) is 24.3 Å². The second-order valence-corrected chi connectivity index (χ2v) is 8.84. The number of guanidine groups is 1. The van der Waals surface area contributed by atoms with E-state index in [4.69, 9.17) is 4.74 Å². The Morgan fingerprint density at radius 2 is 1.70 bits per heavy atom. The molecule has 0 fully saturated rings. The highest BCUT2D eigenvalue weighted by Gasteiger charge is 2.06. The summed E-state index contributed by atoms with van der Waals surface area (Å²) in [6.45, 7) is 8.75. The van der Waals surface area contributed by atoms with Crippen LogP contribution in [0.5, 0.6) is 5.75 Å². The van der Waals surface area contributed by atoms with Gasteiger partial charge in [0.25, 0.3) is 0 Å². The standard InChI is InChI=1S/C22H31N3O3S.HI/c1-5-23-22(25-16-19-9-12-21(28-6-2)17(3)15-19)24-14-13-18-7-10-20(11-8-18)29(4,26)27;/h7-12,15H,5-6,13-14,16H2,1-4H3,(H2,23,24,25);1H. The smallest absolute Gasteiger partial charge is 0.191 e. The molecule has 0 bridgehead atoms. The number of halogens is 1. The van der Waals surface area contributed by atoms with Crippen LogP contribution in [-0.2, 0) is 22.8 Å². The van der Waals surface area contributed by atoms with Gasteiger partial charge in [0.2, 0.25) is 0 Å². The van der Waals surface area contributed by atoms with Crippen LogP contribution < -0.4 is 15.4 Å².